The number of benzene rings is 5. The lowest BCUT2D eigenvalue weighted by molar-refractivity contribution is 0.601. The molecule has 3 N–H and O–H groups in total. The first-order chi connectivity index (χ1) is 24.0. The van der Waals surface area contributed by atoms with Gasteiger partial charge in [-0.1, -0.05) is 104 Å². The molecule has 0 saturated heterocycles. The number of nitrogens with two attached hydrogens (primary N) is 1. The highest BCUT2D eigenvalue weighted by atomic mass is 32.2. The Morgan fingerprint density at radius 3 is 2.53 bits per heavy atom. The predicted octanol–water partition coefficient (Wildman–Crippen LogP) is 10.6. The van der Waals surface area contributed by atoms with E-state index in [4.69, 9.17) is 10.7 Å². The fourth-order valence-electron chi connectivity index (χ4n) is 8.91. The van der Waals surface area contributed by atoms with Gasteiger partial charge in [0.1, 0.15) is 0 Å². The minimum atomic E-state index is -0.175. The fourth-order valence-corrected chi connectivity index (χ4v) is 10.6. The van der Waals surface area contributed by atoms with E-state index in [1.807, 2.05) is 36.0 Å². The van der Waals surface area contributed by atoms with Gasteiger partial charge in [0.15, 0.2) is 0 Å². The summed E-state index contributed by atoms with van der Waals surface area (Å²) in [6, 6.07) is 43.7. The number of hydrogen-bond acceptors (Lipinski definition) is 4. The van der Waals surface area contributed by atoms with Crippen molar-refractivity contribution in [2.24, 2.45) is 4.99 Å². The molecular weight excluding hydrogens is 617 g/mol. The van der Waals surface area contributed by atoms with Crippen molar-refractivity contribution in [1.29, 1.82) is 0 Å². The zero-order valence-corrected chi connectivity index (χ0v) is 28.3. The molecule has 4 atom stereocenters. The molecule has 238 valence electrons. The molecule has 5 aromatic carbocycles. The van der Waals surface area contributed by atoms with Gasteiger partial charge in [-0.15, -0.1) is 11.8 Å². The first kappa shape index (κ1) is 28.7. The number of fused-ring (bicyclic) bond motifs is 8. The summed E-state index contributed by atoms with van der Waals surface area (Å²) in [4.78, 5) is 6.57. The minimum Gasteiger partial charge on any atom is -0.397 e. The fraction of sp³-hybridized carbons (Fsp3) is 0.159. The lowest BCUT2D eigenvalue weighted by Crippen LogP contribution is -2.31. The number of nitrogen functional groups attached to an aromatic ring is 1. The Labute approximate surface area is 291 Å². The normalized spacial score (nSPS) is 23.8. The van der Waals surface area contributed by atoms with Crippen molar-refractivity contribution < 1.29 is 0 Å². The molecule has 4 unspecified atom stereocenters. The lowest BCUT2D eigenvalue weighted by Gasteiger charge is -2.40. The van der Waals surface area contributed by atoms with E-state index in [2.05, 4.69) is 133 Å². The molecule has 4 nitrogen and oxygen atoms in total. The summed E-state index contributed by atoms with van der Waals surface area (Å²) >= 11 is 2.01. The summed E-state index contributed by atoms with van der Waals surface area (Å²) in [6.45, 7) is 5.56. The molecule has 6 aromatic rings. The maximum Gasteiger partial charge on any atom is 0.0863 e. The summed E-state index contributed by atoms with van der Waals surface area (Å²) in [7, 11) is 0. The van der Waals surface area contributed by atoms with Crippen molar-refractivity contribution in [3.8, 4) is 0 Å². The summed E-state index contributed by atoms with van der Waals surface area (Å²) < 4.78 is 2.45. The number of aromatic nitrogens is 1. The number of hydrogen-bond donors (Lipinski definition) is 2. The van der Waals surface area contributed by atoms with Crippen molar-refractivity contribution in [3.05, 3.63) is 161 Å². The molecule has 1 aromatic heterocycles. The number of para-hydroxylation sites is 4. The Balaban J connectivity index is 1.12. The number of nitrogens with zero attached hydrogens (tertiary/aromatic N) is 2. The number of thioether (sulfide) groups is 1. The third-order valence-corrected chi connectivity index (χ3v) is 12.9. The monoisotopic (exact) mass is 652 g/mol. The predicted molar refractivity (Wildman–Crippen MR) is 207 cm³/mol. The molecule has 0 radical (unpaired) electrons. The zero-order chi connectivity index (χ0) is 32.9. The van der Waals surface area contributed by atoms with Gasteiger partial charge in [0.2, 0.25) is 0 Å². The van der Waals surface area contributed by atoms with Crippen LogP contribution in [-0.2, 0) is 12.0 Å². The third-order valence-electron chi connectivity index (χ3n) is 11.3. The average molecular weight is 653 g/mol. The van der Waals surface area contributed by atoms with Crippen LogP contribution in [0.3, 0.4) is 0 Å². The summed E-state index contributed by atoms with van der Waals surface area (Å²) in [6.07, 6.45) is 4.88. The minimum absolute atomic E-state index is 0.0599. The van der Waals surface area contributed by atoms with Crippen LogP contribution in [0, 0.1) is 0 Å². The van der Waals surface area contributed by atoms with E-state index in [1.54, 1.807) is 0 Å². The van der Waals surface area contributed by atoms with Crippen molar-refractivity contribution in [3.63, 3.8) is 0 Å². The first-order valence-corrected chi connectivity index (χ1v) is 18.1. The van der Waals surface area contributed by atoms with Crippen molar-refractivity contribution >= 4 is 62.7 Å². The summed E-state index contributed by atoms with van der Waals surface area (Å²) in [5.74, 6) is 0.242. The second-order valence-electron chi connectivity index (χ2n) is 14.0. The van der Waals surface area contributed by atoms with Crippen LogP contribution in [0.25, 0.3) is 28.1 Å². The van der Waals surface area contributed by atoms with Crippen LogP contribution in [-0.4, -0.2) is 16.3 Å². The molecule has 2 aliphatic carbocycles. The summed E-state index contributed by atoms with van der Waals surface area (Å²) in [5.41, 5.74) is 21.9. The van der Waals surface area contributed by atoms with Gasteiger partial charge in [-0.25, -0.2) is 4.99 Å². The highest BCUT2D eigenvalue weighted by Gasteiger charge is 2.50. The molecule has 49 heavy (non-hydrogen) atoms. The highest BCUT2D eigenvalue weighted by molar-refractivity contribution is 8.00. The third kappa shape index (κ3) is 4.09. The number of allylic oxidation sites excluding steroid dienone is 2. The van der Waals surface area contributed by atoms with Gasteiger partial charge >= 0.3 is 0 Å². The topological polar surface area (TPSA) is 55.3 Å². The maximum absolute atomic E-state index is 6.39. The summed E-state index contributed by atoms with van der Waals surface area (Å²) in [5, 5.41) is 5.74. The maximum atomic E-state index is 6.39. The van der Waals surface area contributed by atoms with Gasteiger partial charge in [-0.05, 0) is 71.2 Å². The van der Waals surface area contributed by atoms with Crippen LogP contribution in [0.15, 0.2) is 137 Å². The van der Waals surface area contributed by atoms with Gasteiger partial charge in [-0.2, -0.15) is 0 Å². The van der Waals surface area contributed by atoms with Gasteiger partial charge in [0.25, 0.3) is 0 Å². The van der Waals surface area contributed by atoms with E-state index in [-0.39, 0.29) is 17.4 Å². The molecule has 0 saturated carbocycles. The molecule has 0 spiro atoms. The van der Waals surface area contributed by atoms with Gasteiger partial charge in [0, 0.05) is 49.2 Å². The quantitative estimate of drug-likeness (QED) is 0.186. The Morgan fingerprint density at radius 1 is 0.857 bits per heavy atom. The molecule has 4 aliphatic rings. The van der Waals surface area contributed by atoms with Crippen LogP contribution in [0.4, 0.5) is 17.1 Å². The van der Waals surface area contributed by atoms with Crippen LogP contribution in [0.1, 0.15) is 58.5 Å². The van der Waals surface area contributed by atoms with Crippen LogP contribution < -0.4 is 11.1 Å². The standard InChI is InChI=1S/C44H36N4S/c1-26-37(24-31-38(47-36-20-10-8-18-34(36)45)25-48-39-21-11-6-16-30(39)41(26)42(31)48)46-35-19-9-5-15-29(35)33-23-27-13-3-4-14-28(27)43-44(33,2)32-17-7-12-22-40(32)49-43/h3-24,26,37,43,46H,25,45H2,1-2H3. The SMILES string of the molecule is CC1c2c3n(c4ccccc24)CC(=Nc2ccccc2N)C3=CC1Nc1ccccc1C1=Cc2ccccc2C2Sc3ccccc3C12C. The van der Waals surface area contributed by atoms with E-state index in [9.17, 15) is 0 Å². The number of anilines is 2. The Morgan fingerprint density at radius 2 is 1.61 bits per heavy atom. The van der Waals surface area contributed by atoms with Crippen LogP contribution >= 0.6 is 11.8 Å². The van der Waals surface area contributed by atoms with Crippen molar-refractivity contribution in [2.45, 2.75) is 47.9 Å². The number of nitrogens with one attached hydrogen (secondary N) is 1. The van der Waals surface area contributed by atoms with Crippen LogP contribution in [0.5, 0.6) is 0 Å². The number of aliphatic imine (C=N–C) groups is 1. The van der Waals surface area contributed by atoms with Crippen LogP contribution in [0.2, 0.25) is 0 Å². The van der Waals surface area contributed by atoms with E-state index >= 15 is 0 Å². The van der Waals surface area contributed by atoms with Crippen molar-refractivity contribution in [2.75, 3.05) is 11.1 Å². The molecule has 5 heteroatoms. The molecule has 3 heterocycles. The molecule has 10 rings (SSSR count). The van der Waals surface area contributed by atoms with Gasteiger partial charge in [-0.3, -0.25) is 0 Å². The molecule has 0 amide bonds. The smallest absolute Gasteiger partial charge is 0.0863 e. The van der Waals surface area contributed by atoms with Gasteiger partial charge < -0.3 is 15.6 Å². The second kappa shape index (κ2) is 10.6. The molecule has 0 fully saturated rings. The van der Waals surface area contributed by atoms with Crippen molar-refractivity contribution in [1.82, 2.24) is 4.57 Å². The molecule has 2 aliphatic heterocycles. The molecular formula is C44H36N4S. The Bertz CT molecular complexity index is 2450. The van der Waals surface area contributed by atoms with E-state index in [0.29, 0.717) is 10.9 Å². The lowest BCUT2D eigenvalue weighted by atomic mass is 9.65. The largest absolute Gasteiger partial charge is 0.397 e. The Hall–Kier alpha value is -5.26. The average Bonchev–Trinajstić information content (AvgIpc) is 3.76. The zero-order valence-electron chi connectivity index (χ0n) is 27.5. The van der Waals surface area contributed by atoms with E-state index in [1.165, 1.54) is 60.5 Å². The first-order valence-electron chi connectivity index (χ1n) is 17.2. The highest BCUT2D eigenvalue weighted by Crippen LogP contribution is 2.65. The molecule has 0 bridgehead atoms. The Kier molecular flexibility index (Phi) is 6.23. The second-order valence-corrected chi connectivity index (χ2v) is 15.1. The number of rotatable bonds is 4. The van der Waals surface area contributed by atoms with Gasteiger partial charge in [0.05, 0.1) is 35.4 Å². The van der Waals surface area contributed by atoms with E-state index < -0.39 is 0 Å². The van der Waals surface area contributed by atoms with E-state index in [0.717, 1.165) is 23.6 Å².